The highest BCUT2D eigenvalue weighted by molar-refractivity contribution is 9.10. The first kappa shape index (κ1) is 14.5. The Balaban J connectivity index is 1.80. The molecule has 7 heteroatoms. The lowest BCUT2D eigenvalue weighted by Crippen LogP contribution is -2.41. The standard InChI is InChI=1S/C14H13BrFNO4/c15-6-1-2-8(7(16)5-6)17-13(18)11-9-3-4-10(21-9)12(11)14(19)20/h1-2,5,9-12H,3-4H2,(H,17,18)(H,19,20)/t9-,10+,11-,12+/m1/s1. The van der Waals surface area contributed by atoms with Gasteiger partial charge in [0.05, 0.1) is 29.7 Å². The lowest BCUT2D eigenvalue weighted by atomic mass is 9.78. The van der Waals surface area contributed by atoms with Crippen molar-refractivity contribution < 1.29 is 23.8 Å². The second-order valence-electron chi connectivity index (χ2n) is 5.29. The normalized spacial score (nSPS) is 30.4. The topological polar surface area (TPSA) is 75.6 Å². The molecule has 0 unspecified atom stereocenters. The smallest absolute Gasteiger partial charge is 0.310 e. The number of nitrogens with one attached hydrogen (secondary N) is 1. The molecule has 5 nitrogen and oxygen atoms in total. The first-order chi connectivity index (χ1) is 9.97. The molecule has 2 bridgehead atoms. The van der Waals surface area contributed by atoms with Gasteiger partial charge in [-0.05, 0) is 31.0 Å². The van der Waals surface area contributed by atoms with E-state index in [-0.39, 0.29) is 5.69 Å². The molecule has 112 valence electrons. The van der Waals surface area contributed by atoms with E-state index in [1.807, 2.05) is 0 Å². The summed E-state index contributed by atoms with van der Waals surface area (Å²) in [6.45, 7) is 0. The summed E-state index contributed by atoms with van der Waals surface area (Å²) in [5, 5.41) is 11.7. The number of aliphatic carboxylic acids is 1. The van der Waals surface area contributed by atoms with Crippen LogP contribution < -0.4 is 5.32 Å². The minimum Gasteiger partial charge on any atom is -0.481 e. The van der Waals surface area contributed by atoms with Crippen molar-refractivity contribution >= 4 is 33.5 Å². The van der Waals surface area contributed by atoms with Gasteiger partial charge in [-0.2, -0.15) is 0 Å². The molecule has 2 aliphatic rings. The summed E-state index contributed by atoms with van der Waals surface area (Å²) >= 11 is 3.13. The fourth-order valence-corrected chi connectivity index (χ4v) is 3.46. The first-order valence-electron chi connectivity index (χ1n) is 6.61. The number of ether oxygens (including phenoxy) is 1. The zero-order valence-electron chi connectivity index (χ0n) is 10.9. The van der Waals surface area contributed by atoms with Crippen molar-refractivity contribution in [1.82, 2.24) is 0 Å². The van der Waals surface area contributed by atoms with Crippen molar-refractivity contribution in [1.29, 1.82) is 0 Å². The SMILES string of the molecule is O=C(O)[C@@H]1[C@H](C(=O)Nc2ccc(Br)cc2F)[C@H]2CC[C@@H]1O2. The summed E-state index contributed by atoms with van der Waals surface area (Å²) in [4.78, 5) is 23.7. The van der Waals surface area contributed by atoms with Gasteiger partial charge in [0.2, 0.25) is 5.91 Å². The average molecular weight is 358 g/mol. The Hall–Kier alpha value is -1.47. The van der Waals surface area contributed by atoms with Gasteiger partial charge in [-0.3, -0.25) is 9.59 Å². The number of benzene rings is 1. The third-order valence-electron chi connectivity index (χ3n) is 4.05. The van der Waals surface area contributed by atoms with Crippen molar-refractivity contribution in [3.05, 3.63) is 28.5 Å². The Morgan fingerprint density at radius 1 is 1.29 bits per heavy atom. The number of fused-ring (bicyclic) bond motifs is 2. The number of anilines is 1. The Morgan fingerprint density at radius 2 is 1.95 bits per heavy atom. The third-order valence-corrected chi connectivity index (χ3v) is 4.54. The quantitative estimate of drug-likeness (QED) is 0.870. The number of carboxylic acid groups (broad SMARTS) is 1. The average Bonchev–Trinajstić information content (AvgIpc) is 3.02. The van der Waals surface area contributed by atoms with Crippen molar-refractivity contribution in [2.75, 3.05) is 5.32 Å². The highest BCUT2D eigenvalue weighted by Crippen LogP contribution is 2.44. The van der Waals surface area contributed by atoms with Crippen LogP contribution in [-0.2, 0) is 14.3 Å². The van der Waals surface area contributed by atoms with E-state index in [1.165, 1.54) is 12.1 Å². The Labute approximate surface area is 128 Å². The number of carbonyl (C=O) groups is 2. The second kappa shape index (κ2) is 5.38. The molecule has 0 spiro atoms. The molecule has 4 atom stereocenters. The van der Waals surface area contributed by atoms with Crippen LogP contribution in [0.25, 0.3) is 0 Å². The maximum Gasteiger partial charge on any atom is 0.310 e. The van der Waals surface area contributed by atoms with Crippen LogP contribution in [0.5, 0.6) is 0 Å². The highest BCUT2D eigenvalue weighted by atomic mass is 79.9. The van der Waals surface area contributed by atoms with E-state index in [4.69, 9.17) is 4.74 Å². The minimum absolute atomic E-state index is 0.0371. The number of amides is 1. The van der Waals surface area contributed by atoms with Crippen LogP contribution in [0, 0.1) is 17.7 Å². The summed E-state index contributed by atoms with van der Waals surface area (Å²) in [7, 11) is 0. The van der Waals surface area contributed by atoms with Gasteiger partial charge in [-0.25, -0.2) is 4.39 Å². The summed E-state index contributed by atoms with van der Waals surface area (Å²) < 4.78 is 19.8. The predicted molar refractivity (Wildman–Crippen MR) is 75.2 cm³/mol. The number of rotatable bonds is 3. The number of hydrogen-bond donors (Lipinski definition) is 2. The molecular weight excluding hydrogens is 345 g/mol. The molecule has 21 heavy (non-hydrogen) atoms. The van der Waals surface area contributed by atoms with E-state index in [0.717, 1.165) is 0 Å². The van der Waals surface area contributed by atoms with Gasteiger partial charge < -0.3 is 15.2 Å². The summed E-state index contributed by atoms with van der Waals surface area (Å²) in [6, 6.07) is 4.27. The van der Waals surface area contributed by atoms with Gasteiger partial charge >= 0.3 is 5.97 Å². The number of carbonyl (C=O) groups excluding carboxylic acids is 1. The van der Waals surface area contributed by atoms with Crippen molar-refractivity contribution in [2.24, 2.45) is 11.8 Å². The van der Waals surface area contributed by atoms with Crippen LogP contribution in [0.1, 0.15) is 12.8 Å². The zero-order valence-corrected chi connectivity index (χ0v) is 12.5. The van der Waals surface area contributed by atoms with Crippen LogP contribution in [0.3, 0.4) is 0 Å². The van der Waals surface area contributed by atoms with Gasteiger partial charge in [0.1, 0.15) is 5.82 Å². The number of carboxylic acids is 1. The fourth-order valence-electron chi connectivity index (χ4n) is 3.13. The van der Waals surface area contributed by atoms with Gasteiger partial charge in [0, 0.05) is 4.47 Å². The summed E-state index contributed by atoms with van der Waals surface area (Å²) in [6.07, 6.45) is 0.501. The van der Waals surface area contributed by atoms with Crippen molar-refractivity contribution in [2.45, 2.75) is 25.0 Å². The molecule has 3 rings (SSSR count). The molecule has 2 saturated heterocycles. The Kier molecular flexibility index (Phi) is 3.71. The molecule has 1 aromatic rings. The number of halogens is 2. The molecule has 2 fully saturated rings. The summed E-state index contributed by atoms with van der Waals surface area (Å²) in [5.41, 5.74) is 0.0371. The first-order valence-corrected chi connectivity index (χ1v) is 7.41. The Bertz CT molecular complexity index is 609. The van der Waals surface area contributed by atoms with Crippen LogP contribution in [-0.4, -0.2) is 29.2 Å². The third kappa shape index (κ3) is 2.55. The minimum atomic E-state index is -1.04. The Morgan fingerprint density at radius 3 is 2.57 bits per heavy atom. The van der Waals surface area contributed by atoms with Gasteiger partial charge in [0.25, 0.3) is 0 Å². The monoisotopic (exact) mass is 357 g/mol. The molecule has 2 heterocycles. The van der Waals surface area contributed by atoms with Crippen molar-refractivity contribution in [3.8, 4) is 0 Å². The van der Waals surface area contributed by atoms with E-state index in [0.29, 0.717) is 17.3 Å². The second-order valence-corrected chi connectivity index (χ2v) is 6.21. The molecular formula is C14H13BrFNO4. The van der Waals surface area contributed by atoms with Gasteiger partial charge in [0.15, 0.2) is 0 Å². The van der Waals surface area contributed by atoms with E-state index in [2.05, 4.69) is 21.2 Å². The van der Waals surface area contributed by atoms with Crippen LogP contribution in [0.2, 0.25) is 0 Å². The van der Waals surface area contributed by atoms with E-state index >= 15 is 0 Å². The van der Waals surface area contributed by atoms with E-state index in [1.54, 1.807) is 6.07 Å². The predicted octanol–water partition coefficient (Wildman–Crippen LogP) is 2.40. The molecule has 0 radical (unpaired) electrons. The van der Waals surface area contributed by atoms with Gasteiger partial charge in [-0.15, -0.1) is 0 Å². The summed E-state index contributed by atoms with van der Waals surface area (Å²) in [5.74, 6) is -3.75. The molecule has 1 aromatic carbocycles. The van der Waals surface area contributed by atoms with Gasteiger partial charge in [-0.1, -0.05) is 15.9 Å². The lowest BCUT2D eigenvalue weighted by molar-refractivity contribution is -0.147. The largest absolute Gasteiger partial charge is 0.481 e. The molecule has 0 aliphatic carbocycles. The zero-order chi connectivity index (χ0) is 15.1. The van der Waals surface area contributed by atoms with Crippen LogP contribution >= 0.6 is 15.9 Å². The molecule has 2 N–H and O–H groups in total. The molecule has 0 aromatic heterocycles. The van der Waals surface area contributed by atoms with E-state index < -0.39 is 41.7 Å². The lowest BCUT2D eigenvalue weighted by Gasteiger charge is -2.23. The van der Waals surface area contributed by atoms with Crippen LogP contribution in [0.15, 0.2) is 22.7 Å². The molecule has 2 aliphatic heterocycles. The maximum absolute atomic E-state index is 13.7. The number of hydrogen-bond acceptors (Lipinski definition) is 3. The van der Waals surface area contributed by atoms with Crippen LogP contribution in [0.4, 0.5) is 10.1 Å². The molecule has 0 saturated carbocycles. The van der Waals surface area contributed by atoms with E-state index in [9.17, 15) is 19.1 Å². The maximum atomic E-state index is 13.7. The molecule has 1 amide bonds. The fraction of sp³-hybridized carbons (Fsp3) is 0.429. The highest BCUT2D eigenvalue weighted by Gasteiger charge is 2.55. The van der Waals surface area contributed by atoms with Crippen molar-refractivity contribution in [3.63, 3.8) is 0 Å².